The van der Waals surface area contributed by atoms with Crippen LogP contribution in [0.15, 0.2) is 36.8 Å². The third-order valence-corrected chi connectivity index (χ3v) is 7.73. The van der Waals surface area contributed by atoms with Gasteiger partial charge >= 0.3 is 0 Å². The summed E-state index contributed by atoms with van der Waals surface area (Å²) in [6.45, 7) is 2.61. The van der Waals surface area contributed by atoms with Gasteiger partial charge < -0.3 is 5.32 Å². The van der Waals surface area contributed by atoms with Gasteiger partial charge in [0.15, 0.2) is 5.69 Å². The Labute approximate surface area is 212 Å². The molecule has 1 N–H and O–H groups in total. The SMILES string of the molecule is C[C@@H](c1cnc(N2C[C@H]3C[C@H]3C2=O)nc1)n1cc(C(=O)N[C@H]2C[C@@H](c3cc(Cl)ccc3C#N)C2)nn1. The fourth-order valence-corrected chi connectivity index (χ4v) is 5.27. The summed E-state index contributed by atoms with van der Waals surface area (Å²) < 4.78 is 1.60. The highest BCUT2D eigenvalue weighted by Gasteiger charge is 2.53. The molecule has 0 bridgehead atoms. The van der Waals surface area contributed by atoms with Gasteiger partial charge in [0.1, 0.15) is 0 Å². The molecule has 0 radical (unpaired) electrons. The lowest BCUT2D eigenvalue weighted by Gasteiger charge is -2.36. The number of benzene rings is 1. The quantitative estimate of drug-likeness (QED) is 0.548. The molecule has 6 rings (SSSR count). The largest absolute Gasteiger partial charge is 0.348 e. The van der Waals surface area contributed by atoms with Crippen molar-refractivity contribution < 1.29 is 9.59 Å². The Morgan fingerprint density at radius 3 is 2.72 bits per heavy atom. The first-order valence-electron chi connectivity index (χ1n) is 12.0. The van der Waals surface area contributed by atoms with Gasteiger partial charge in [0.2, 0.25) is 11.9 Å². The number of nitrogens with one attached hydrogen (secondary N) is 1. The van der Waals surface area contributed by atoms with Gasteiger partial charge in [-0.05, 0) is 61.8 Å². The van der Waals surface area contributed by atoms with E-state index in [2.05, 4.69) is 31.7 Å². The molecule has 1 saturated heterocycles. The monoisotopic (exact) mass is 502 g/mol. The molecule has 2 aromatic heterocycles. The smallest absolute Gasteiger partial charge is 0.273 e. The molecule has 3 atom stereocenters. The van der Waals surface area contributed by atoms with Crippen molar-refractivity contribution in [1.82, 2.24) is 30.3 Å². The molecule has 2 amide bonds. The van der Waals surface area contributed by atoms with Gasteiger partial charge in [0, 0.05) is 41.5 Å². The first-order valence-corrected chi connectivity index (χ1v) is 12.3. The van der Waals surface area contributed by atoms with Crippen LogP contribution in [-0.4, -0.2) is 49.4 Å². The Bertz CT molecular complexity index is 1390. The van der Waals surface area contributed by atoms with Gasteiger partial charge in [-0.1, -0.05) is 16.8 Å². The van der Waals surface area contributed by atoms with E-state index < -0.39 is 0 Å². The van der Waals surface area contributed by atoms with Crippen molar-refractivity contribution in [3.05, 3.63) is 64.2 Å². The van der Waals surface area contributed by atoms with Crippen LogP contribution in [0.25, 0.3) is 0 Å². The number of carbonyl (C=O) groups is 2. The molecule has 11 heteroatoms. The van der Waals surface area contributed by atoms with E-state index in [1.165, 1.54) is 0 Å². The van der Waals surface area contributed by atoms with Crippen molar-refractivity contribution >= 4 is 29.4 Å². The van der Waals surface area contributed by atoms with Crippen LogP contribution >= 0.6 is 11.6 Å². The van der Waals surface area contributed by atoms with Crippen molar-refractivity contribution in [2.24, 2.45) is 11.8 Å². The Morgan fingerprint density at radius 1 is 1.25 bits per heavy atom. The molecule has 3 aromatic rings. The molecule has 1 aliphatic heterocycles. The third kappa shape index (κ3) is 3.99. The minimum atomic E-state index is -0.291. The van der Waals surface area contributed by atoms with E-state index in [1.807, 2.05) is 13.0 Å². The number of hydrogen-bond acceptors (Lipinski definition) is 7. The van der Waals surface area contributed by atoms with Gasteiger partial charge in [-0.15, -0.1) is 5.10 Å². The lowest BCUT2D eigenvalue weighted by Crippen LogP contribution is -2.43. The van der Waals surface area contributed by atoms with Gasteiger partial charge in [0.25, 0.3) is 5.91 Å². The number of nitrogens with zero attached hydrogens (tertiary/aromatic N) is 7. The first kappa shape index (κ1) is 22.6. The molecule has 10 nitrogen and oxygen atoms in total. The number of piperidine rings is 1. The predicted octanol–water partition coefficient (Wildman–Crippen LogP) is 2.86. The molecule has 0 spiro atoms. The molecule has 182 valence electrons. The minimum Gasteiger partial charge on any atom is -0.348 e. The van der Waals surface area contributed by atoms with Crippen LogP contribution in [0.2, 0.25) is 5.02 Å². The van der Waals surface area contributed by atoms with E-state index in [4.69, 9.17) is 11.6 Å². The molecular weight excluding hydrogens is 480 g/mol. The van der Waals surface area contributed by atoms with Crippen molar-refractivity contribution in [2.45, 2.75) is 44.2 Å². The lowest BCUT2D eigenvalue weighted by molar-refractivity contribution is -0.118. The van der Waals surface area contributed by atoms with Gasteiger partial charge in [-0.2, -0.15) is 5.26 Å². The van der Waals surface area contributed by atoms with Crippen LogP contribution in [-0.2, 0) is 4.79 Å². The molecular formula is C25H23ClN8O2. The van der Waals surface area contributed by atoms with Crippen molar-refractivity contribution in [3.63, 3.8) is 0 Å². The Kier molecular flexibility index (Phi) is 5.45. The molecule has 2 saturated carbocycles. The summed E-state index contributed by atoms with van der Waals surface area (Å²) in [5.41, 5.74) is 2.57. The zero-order valence-corrected chi connectivity index (χ0v) is 20.3. The van der Waals surface area contributed by atoms with Crippen LogP contribution in [0.5, 0.6) is 0 Å². The summed E-state index contributed by atoms with van der Waals surface area (Å²) in [6, 6.07) is 7.24. The number of hydrogen-bond donors (Lipinski definition) is 1. The van der Waals surface area contributed by atoms with Crippen LogP contribution in [0.3, 0.4) is 0 Å². The van der Waals surface area contributed by atoms with Gasteiger partial charge in [0.05, 0.1) is 23.9 Å². The van der Waals surface area contributed by atoms with Crippen molar-refractivity contribution in [2.75, 3.05) is 11.4 Å². The zero-order valence-electron chi connectivity index (χ0n) is 19.5. The third-order valence-electron chi connectivity index (χ3n) is 7.49. The maximum absolute atomic E-state index is 12.7. The number of aromatic nitrogens is 5. The second kappa shape index (κ2) is 8.68. The fraction of sp³-hybridized carbons (Fsp3) is 0.400. The predicted molar refractivity (Wildman–Crippen MR) is 129 cm³/mol. The topological polar surface area (TPSA) is 130 Å². The molecule has 3 aliphatic rings. The summed E-state index contributed by atoms with van der Waals surface area (Å²) in [5, 5.41) is 21.1. The van der Waals surface area contributed by atoms with Crippen LogP contribution < -0.4 is 10.2 Å². The number of nitriles is 1. The Balaban J connectivity index is 1.06. The molecule has 2 aliphatic carbocycles. The molecule has 3 fully saturated rings. The number of amides is 2. The number of fused-ring (bicyclic) bond motifs is 1. The molecule has 36 heavy (non-hydrogen) atoms. The average Bonchev–Trinajstić information content (AvgIpc) is 3.32. The van der Waals surface area contributed by atoms with E-state index in [-0.39, 0.29) is 41.4 Å². The summed E-state index contributed by atoms with van der Waals surface area (Å²) in [6.07, 6.45) is 7.42. The van der Waals surface area contributed by atoms with E-state index in [9.17, 15) is 14.9 Å². The van der Waals surface area contributed by atoms with E-state index >= 15 is 0 Å². The van der Waals surface area contributed by atoms with Crippen molar-refractivity contribution in [3.8, 4) is 6.07 Å². The second-order valence-corrected chi connectivity index (χ2v) is 10.2. The maximum atomic E-state index is 12.7. The van der Waals surface area contributed by atoms with E-state index in [0.29, 0.717) is 29.0 Å². The maximum Gasteiger partial charge on any atom is 0.273 e. The number of rotatable bonds is 6. The standard InChI is InChI=1S/C25H23ClN8O2/c1-13(17-9-28-25(29-10-17)33-11-16-6-21(16)24(33)36)34-12-22(31-32-34)23(35)30-19-4-15(5-19)20-7-18(26)3-2-14(20)8-27/h2-3,7,9-10,12-13,15-16,19,21H,4-6,11H2,1H3,(H,30,35)/t13-,15-,16+,19+,21+/m0/s1. The molecule has 3 heterocycles. The summed E-state index contributed by atoms with van der Waals surface area (Å²) >= 11 is 6.10. The number of halogens is 1. The lowest BCUT2D eigenvalue weighted by atomic mass is 9.74. The van der Waals surface area contributed by atoms with Crippen molar-refractivity contribution in [1.29, 1.82) is 5.26 Å². The number of anilines is 1. The number of carbonyl (C=O) groups excluding carboxylic acids is 2. The van der Waals surface area contributed by atoms with E-state index in [1.54, 1.807) is 40.3 Å². The summed E-state index contributed by atoms with van der Waals surface area (Å²) in [4.78, 5) is 35.4. The molecule has 1 aromatic carbocycles. The van der Waals surface area contributed by atoms with Crippen LogP contribution in [0.1, 0.15) is 65.3 Å². The first-order chi connectivity index (χ1) is 17.4. The average molecular weight is 503 g/mol. The van der Waals surface area contributed by atoms with Crippen LogP contribution in [0.4, 0.5) is 5.95 Å². The highest BCUT2D eigenvalue weighted by atomic mass is 35.5. The Morgan fingerprint density at radius 2 is 2.03 bits per heavy atom. The fourth-order valence-electron chi connectivity index (χ4n) is 5.09. The summed E-state index contributed by atoms with van der Waals surface area (Å²) in [5.74, 6) is 1.05. The summed E-state index contributed by atoms with van der Waals surface area (Å²) in [7, 11) is 0. The highest BCUT2D eigenvalue weighted by molar-refractivity contribution is 6.30. The van der Waals surface area contributed by atoms with Gasteiger partial charge in [-0.25, -0.2) is 14.6 Å². The normalized spacial score (nSPS) is 25.0. The minimum absolute atomic E-state index is 0.00382. The molecule has 0 unspecified atom stereocenters. The zero-order chi connectivity index (χ0) is 25.0. The van der Waals surface area contributed by atoms with E-state index in [0.717, 1.165) is 30.4 Å². The van der Waals surface area contributed by atoms with Gasteiger partial charge in [-0.3, -0.25) is 14.5 Å². The highest BCUT2D eigenvalue weighted by Crippen LogP contribution is 2.46. The van der Waals surface area contributed by atoms with Crippen LogP contribution in [0, 0.1) is 23.2 Å². The Hall–Kier alpha value is -3.84. The second-order valence-electron chi connectivity index (χ2n) is 9.81.